The summed E-state index contributed by atoms with van der Waals surface area (Å²) in [6, 6.07) is 0.965. The van der Waals surface area contributed by atoms with Crippen LogP contribution in [0.2, 0.25) is 0 Å². The number of hydrogen-bond acceptors (Lipinski definition) is 4. The standard InChI is InChI=1S/C14H18BrNO4/c1-2-9-8(7-11(16)14(17)18)6-10(15)13-12(9)19-4-3-5-20-13/h6,11H,2-5,7,16H2,1H3,(H,17,18). The minimum Gasteiger partial charge on any atom is -0.489 e. The third kappa shape index (κ3) is 3.07. The van der Waals surface area contributed by atoms with E-state index in [2.05, 4.69) is 15.9 Å². The quantitative estimate of drug-likeness (QED) is 0.875. The molecule has 110 valence electrons. The van der Waals surface area contributed by atoms with Crippen molar-refractivity contribution in [1.29, 1.82) is 0 Å². The number of benzene rings is 1. The molecular formula is C14H18BrNO4. The van der Waals surface area contributed by atoms with Crippen molar-refractivity contribution in [3.05, 3.63) is 21.7 Å². The monoisotopic (exact) mass is 343 g/mol. The zero-order valence-electron chi connectivity index (χ0n) is 11.3. The first kappa shape index (κ1) is 15.1. The van der Waals surface area contributed by atoms with Gasteiger partial charge in [0.25, 0.3) is 0 Å². The molecule has 1 unspecified atom stereocenters. The van der Waals surface area contributed by atoms with Crippen molar-refractivity contribution in [2.75, 3.05) is 13.2 Å². The van der Waals surface area contributed by atoms with Gasteiger partial charge in [-0.1, -0.05) is 6.92 Å². The van der Waals surface area contributed by atoms with Crippen LogP contribution >= 0.6 is 15.9 Å². The van der Waals surface area contributed by atoms with Gasteiger partial charge in [0, 0.05) is 12.0 Å². The Morgan fingerprint density at radius 2 is 2.10 bits per heavy atom. The molecule has 1 atom stereocenters. The molecular weight excluding hydrogens is 326 g/mol. The van der Waals surface area contributed by atoms with Gasteiger partial charge in [0.15, 0.2) is 11.5 Å². The Balaban J connectivity index is 2.45. The van der Waals surface area contributed by atoms with Gasteiger partial charge in [-0.3, -0.25) is 4.79 Å². The highest BCUT2D eigenvalue weighted by atomic mass is 79.9. The van der Waals surface area contributed by atoms with Crippen molar-refractivity contribution >= 4 is 21.9 Å². The van der Waals surface area contributed by atoms with E-state index in [1.54, 1.807) is 0 Å². The number of fused-ring (bicyclic) bond motifs is 1. The number of rotatable bonds is 4. The molecule has 1 aromatic rings. The van der Waals surface area contributed by atoms with E-state index in [1.807, 2.05) is 13.0 Å². The van der Waals surface area contributed by atoms with E-state index in [0.717, 1.165) is 28.4 Å². The SMILES string of the molecule is CCc1c(CC(N)C(=O)O)cc(Br)c2c1OCCCO2. The average molecular weight is 344 g/mol. The van der Waals surface area contributed by atoms with Crippen LogP contribution in [0.1, 0.15) is 24.5 Å². The second kappa shape index (κ2) is 6.45. The van der Waals surface area contributed by atoms with E-state index in [1.165, 1.54) is 0 Å². The van der Waals surface area contributed by atoms with Gasteiger partial charge in [-0.25, -0.2) is 0 Å². The molecule has 5 nitrogen and oxygen atoms in total. The topological polar surface area (TPSA) is 81.8 Å². The van der Waals surface area contributed by atoms with Gasteiger partial charge in [-0.05, 0) is 40.4 Å². The summed E-state index contributed by atoms with van der Waals surface area (Å²) in [6.45, 7) is 3.22. The second-order valence-corrected chi connectivity index (χ2v) is 5.56. The first-order chi connectivity index (χ1) is 9.54. The molecule has 0 spiro atoms. The van der Waals surface area contributed by atoms with Crippen LogP contribution in [0.5, 0.6) is 11.5 Å². The first-order valence-electron chi connectivity index (χ1n) is 6.62. The van der Waals surface area contributed by atoms with Gasteiger partial charge in [0.2, 0.25) is 0 Å². The summed E-state index contributed by atoms with van der Waals surface area (Å²) < 4.78 is 12.3. The molecule has 0 fully saturated rings. The van der Waals surface area contributed by atoms with Crippen LogP contribution in [0.25, 0.3) is 0 Å². The van der Waals surface area contributed by atoms with E-state index < -0.39 is 12.0 Å². The lowest BCUT2D eigenvalue weighted by Crippen LogP contribution is -2.32. The maximum absolute atomic E-state index is 10.9. The van der Waals surface area contributed by atoms with Gasteiger partial charge in [0.05, 0.1) is 17.7 Å². The molecule has 1 aliphatic heterocycles. The van der Waals surface area contributed by atoms with Crippen molar-refractivity contribution in [3.8, 4) is 11.5 Å². The molecule has 0 radical (unpaired) electrons. The molecule has 0 amide bonds. The number of carboxylic acid groups (broad SMARTS) is 1. The molecule has 1 heterocycles. The van der Waals surface area contributed by atoms with Crippen LogP contribution in [-0.2, 0) is 17.6 Å². The van der Waals surface area contributed by atoms with Gasteiger partial charge < -0.3 is 20.3 Å². The fraction of sp³-hybridized carbons (Fsp3) is 0.500. The molecule has 6 heteroatoms. The Kier molecular flexibility index (Phi) is 4.88. The summed E-state index contributed by atoms with van der Waals surface area (Å²) in [5, 5.41) is 8.97. The van der Waals surface area contributed by atoms with E-state index in [0.29, 0.717) is 24.7 Å². The second-order valence-electron chi connectivity index (χ2n) is 4.71. The van der Waals surface area contributed by atoms with Gasteiger partial charge in [0.1, 0.15) is 6.04 Å². The fourth-order valence-electron chi connectivity index (χ4n) is 2.29. The predicted molar refractivity (Wildman–Crippen MR) is 78.4 cm³/mol. The van der Waals surface area contributed by atoms with Crippen LogP contribution < -0.4 is 15.2 Å². The minimum atomic E-state index is -1.00. The largest absolute Gasteiger partial charge is 0.489 e. The summed E-state index contributed by atoms with van der Waals surface area (Å²) >= 11 is 3.46. The summed E-state index contributed by atoms with van der Waals surface area (Å²) in [4.78, 5) is 10.9. The lowest BCUT2D eigenvalue weighted by Gasteiger charge is -2.18. The van der Waals surface area contributed by atoms with Crippen LogP contribution in [0.3, 0.4) is 0 Å². The van der Waals surface area contributed by atoms with Crippen molar-refractivity contribution < 1.29 is 19.4 Å². The highest BCUT2D eigenvalue weighted by Gasteiger charge is 2.23. The minimum absolute atomic E-state index is 0.272. The van der Waals surface area contributed by atoms with E-state index in [4.69, 9.17) is 20.3 Å². The Morgan fingerprint density at radius 3 is 2.70 bits per heavy atom. The average Bonchev–Trinajstić information content (AvgIpc) is 2.65. The van der Waals surface area contributed by atoms with E-state index in [9.17, 15) is 4.79 Å². The number of carbonyl (C=O) groups is 1. The van der Waals surface area contributed by atoms with Crippen LogP contribution in [0.4, 0.5) is 0 Å². The van der Waals surface area contributed by atoms with Crippen molar-refractivity contribution in [3.63, 3.8) is 0 Å². The number of aliphatic carboxylic acids is 1. The third-order valence-corrected chi connectivity index (χ3v) is 3.87. The molecule has 1 aliphatic rings. The molecule has 0 bridgehead atoms. The van der Waals surface area contributed by atoms with Gasteiger partial charge in [-0.2, -0.15) is 0 Å². The van der Waals surface area contributed by atoms with Crippen LogP contribution in [-0.4, -0.2) is 30.3 Å². The number of nitrogens with two attached hydrogens (primary N) is 1. The molecule has 2 rings (SSSR count). The maximum atomic E-state index is 10.9. The summed E-state index contributed by atoms with van der Waals surface area (Å²) in [5.41, 5.74) is 7.50. The lowest BCUT2D eigenvalue weighted by atomic mass is 9.97. The molecule has 20 heavy (non-hydrogen) atoms. The third-order valence-electron chi connectivity index (χ3n) is 3.28. The Bertz CT molecular complexity index is 518. The van der Waals surface area contributed by atoms with Crippen molar-refractivity contribution in [2.24, 2.45) is 5.73 Å². The van der Waals surface area contributed by atoms with E-state index in [-0.39, 0.29) is 6.42 Å². The predicted octanol–water partition coefficient (Wildman–Crippen LogP) is 2.13. The number of hydrogen-bond donors (Lipinski definition) is 2. The maximum Gasteiger partial charge on any atom is 0.320 e. The van der Waals surface area contributed by atoms with Crippen LogP contribution in [0, 0.1) is 0 Å². The number of ether oxygens (including phenoxy) is 2. The Hall–Kier alpha value is -1.27. The molecule has 0 saturated carbocycles. The first-order valence-corrected chi connectivity index (χ1v) is 7.42. The summed E-state index contributed by atoms with van der Waals surface area (Å²) in [6.07, 6.45) is 1.84. The van der Waals surface area contributed by atoms with Crippen molar-refractivity contribution in [1.82, 2.24) is 0 Å². The zero-order chi connectivity index (χ0) is 14.7. The van der Waals surface area contributed by atoms with Crippen LogP contribution in [0.15, 0.2) is 10.5 Å². The summed E-state index contributed by atoms with van der Waals surface area (Å²) in [7, 11) is 0. The highest BCUT2D eigenvalue weighted by molar-refractivity contribution is 9.10. The van der Waals surface area contributed by atoms with Gasteiger partial charge >= 0.3 is 5.97 Å². The smallest absolute Gasteiger partial charge is 0.320 e. The Morgan fingerprint density at radius 1 is 1.45 bits per heavy atom. The fourth-order valence-corrected chi connectivity index (χ4v) is 2.86. The van der Waals surface area contributed by atoms with Gasteiger partial charge in [-0.15, -0.1) is 0 Å². The lowest BCUT2D eigenvalue weighted by molar-refractivity contribution is -0.138. The molecule has 0 aromatic heterocycles. The summed E-state index contributed by atoms with van der Waals surface area (Å²) in [5.74, 6) is 0.411. The molecule has 0 saturated heterocycles. The highest BCUT2D eigenvalue weighted by Crippen LogP contribution is 2.42. The van der Waals surface area contributed by atoms with Crippen molar-refractivity contribution in [2.45, 2.75) is 32.2 Å². The van der Waals surface area contributed by atoms with E-state index >= 15 is 0 Å². The number of halogens is 1. The Labute approximate surface area is 126 Å². The molecule has 1 aromatic carbocycles. The molecule has 3 N–H and O–H groups in total. The number of carboxylic acids is 1. The molecule has 0 aliphatic carbocycles. The normalized spacial score (nSPS) is 15.6. The zero-order valence-corrected chi connectivity index (χ0v) is 12.9.